The molecule has 2 atom stereocenters. The van der Waals surface area contributed by atoms with Crippen molar-refractivity contribution in [1.29, 1.82) is 0 Å². The molecule has 0 aliphatic rings. The maximum atomic E-state index is 13.6. The lowest BCUT2D eigenvalue weighted by atomic mass is 9.93. The number of aromatic nitrogens is 2. The van der Waals surface area contributed by atoms with Gasteiger partial charge in [-0.25, -0.2) is 4.98 Å². The molecule has 12 nitrogen and oxygen atoms in total. The van der Waals surface area contributed by atoms with E-state index >= 15 is 0 Å². The first kappa shape index (κ1) is 39.0. The maximum Gasteiger partial charge on any atom is 0.326 e. The Morgan fingerprint density at radius 2 is 1.64 bits per heavy atom. The normalized spacial score (nSPS) is 14.0. The Labute approximate surface area is 263 Å². The minimum Gasteiger partial charge on any atom is -0.480 e. The number of carbonyl (C=O) groups is 4. The second kappa shape index (κ2) is 18.1. The number of amides is 1. The highest BCUT2D eigenvalue weighted by atomic mass is 16.6. The molecule has 0 bridgehead atoms. The van der Waals surface area contributed by atoms with Crippen molar-refractivity contribution in [3.8, 4) is 0 Å². The monoisotopic (exact) mass is 623 g/mol. The lowest BCUT2D eigenvalue weighted by molar-refractivity contribution is -0.165. The Morgan fingerprint density at radius 1 is 1.00 bits per heavy atom. The van der Waals surface area contributed by atoms with E-state index in [1.54, 1.807) is 37.7 Å². The fourth-order valence-electron chi connectivity index (χ4n) is 4.67. The molecule has 1 unspecified atom stereocenters. The molecule has 1 heterocycles. The summed E-state index contributed by atoms with van der Waals surface area (Å²) in [6.45, 7) is 15.0. The average molecular weight is 624 g/mol. The van der Waals surface area contributed by atoms with E-state index < -0.39 is 41.1 Å². The standard InChI is InChI=1S/C32H57N5O7/c1-9-11-13-16-31(6,7)44-28(40)23-37(22-27(39)43-30(3,4)5)26(38)21-36-19-18-34-25(36)20-32(8,10-2)35-17-14-12-15-24(33)29(41)42/h18-19,24,35H,9-17,20-23,33H2,1-8H3,(H,41,42)/t24-,32?/m0/s1. The molecule has 0 fully saturated rings. The highest BCUT2D eigenvalue weighted by Crippen LogP contribution is 2.20. The zero-order valence-corrected chi connectivity index (χ0v) is 28.2. The summed E-state index contributed by atoms with van der Waals surface area (Å²) < 4.78 is 12.9. The number of carbonyl (C=O) groups excluding carboxylic acids is 3. The van der Waals surface area contributed by atoms with Crippen LogP contribution in [0.5, 0.6) is 0 Å². The van der Waals surface area contributed by atoms with Gasteiger partial charge >= 0.3 is 17.9 Å². The molecule has 0 radical (unpaired) electrons. The first-order valence-corrected chi connectivity index (χ1v) is 15.8. The number of ether oxygens (including phenoxy) is 2. The SMILES string of the molecule is CCCCCC(C)(C)OC(=O)CN(CC(=O)OC(C)(C)C)C(=O)Cn1ccnc1CC(C)(CC)NCCCC[C@H](N)C(=O)O. The number of hydrogen-bond acceptors (Lipinski definition) is 9. The third kappa shape index (κ3) is 15.7. The molecule has 1 rings (SSSR count). The van der Waals surface area contributed by atoms with Crippen molar-refractivity contribution in [2.45, 2.75) is 143 Å². The molecule has 1 aromatic rings. The molecule has 0 saturated heterocycles. The molecule has 0 saturated carbocycles. The van der Waals surface area contributed by atoms with E-state index in [4.69, 9.17) is 20.3 Å². The lowest BCUT2D eigenvalue weighted by Crippen LogP contribution is -2.46. The molecular weight excluding hydrogens is 566 g/mol. The second-order valence-electron chi connectivity index (χ2n) is 13.5. The van der Waals surface area contributed by atoms with Gasteiger partial charge < -0.3 is 35.1 Å². The molecule has 44 heavy (non-hydrogen) atoms. The number of carboxylic acids is 1. The first-order chi connectivity index (χ1) is 20.4. The zero-order valence-electron chi connectivity index (χ0n) is 28.2. The Balaban J connectivity index is 2.95. The van der Waals surface area contributed by atoms with Crippen LogP contribution in [0.2, 0.25) is 0 Å². The lowest BCUT2D eigenvalue weighted by Gasteiger charge is -2.30. The van der Waals surface area contributed by atoms with Crippen LogP contribution in [0.3, 0.4) is 0 Å². The van der Waals surface area contributed by atoms with Crippen LogP contribution >= 0.6 is 0 Å². The van der Waals surface area contributed by atoms with Crippen LogP contribution in [0.25, 0.3) is 0 Å². The van der Waals surface area contributed by atoms with E-state index in [0.29, 0.717) is 38.1 Å². The molecule has 1 amide bonds. The van der Waals surface area contributed by atoms with Crippen LogP contribution in [0.4, 0.5) is 0 Å². The van der Waals surface area contributed by atoms with Gasteiger partial charge in [0.05, 0.1) is 0 Å². The number of nitrogens with two attached hydrogens (primary N) is 1. The van der Waals surface area contributed by atoms with Crippen LogP contribution in [0.15, 0.2) is 12.4 Å². The third-order valence-corrected chi connectivity index (χ3v) is 7.43. The van der Waals surface area contributed by atoms with Gasteiger partial charge in [-0.3, -0.25) is 19.2 Å². The summed E-state index contributed by atoms with van der Waals surface area (Å²) in [5.74, 6) is -1.94. The molecule has 1 aromatic heterocycles. The van der Waals surface area contributed by atoms with Crippen LogP contribution < -0.4 is 11.1 Å². The minimum atomic E-state index is -0.995. The molecular formula is C32H57N5O7. The van der Waals surface area contributed by atoms with Crippen LogP contribution in [-0.2, 0) is 41.6 Å². The predicted octanol–water partition coefficient (Wildman–Crippen LogP) is 3.84. The smallest absolute Gasteiger partial charge is 0.326 e. The van der Waals surface area contributed by atoms with Gasteiger partial charge in [0, 0.05) is 24.4 Å². The van der Waals surface area contributed by atoms with Crippen LogP contribution in [-0.4, -0.2) is 85.8 Å². The fourth-order valence-corrected chi connectivity index (χ4v) is 4.67. The molecule has 0 spiro atoms. The maximum absolute atomic E-state index is 13.6. The van der Waals surface area contributed by atoms with Gasteiger partial charge in [-0.05, 0) is 80.2 Å². The topological polar surface area (TPSA) is 166 Å². The molecule has 0 aromatic carbocycles. The molecule has 0 aliphatic heterocycles. The first-order valence-electron chi connectivity index (χ1n) is 15.8. The van der Waals surface area contributed by atoms with E-state index in [1.165, 1.54) is 4.90 Å². The number of esters is 2. The van der Waals surface area contributed by atoms with E-state index in [0.717, 1.165) is 32.1 Å². The average Bonchev–Trinajstić information content (AvgIpc) is 3.32. The Hall–Kier alpha value is -2.99. The fraction of sp³-hybridized carbons (Fsp3) is 0.781. The number of nitrogens with one attached hydrogen (secondary N) is 1. The predicted molar refractivity (Wildman–Crippen MR) is 169 cm³/mol. The molecule has 0 aliphatic carbocycles. The number of aliphatic carboxylic acids is 1. The van der Waals surface area contributed by atoms with E-state index in [2.05, 4.69) is 31.1 Å². The summed E-state index contributed by atoms with van der Waals surface area (Å²) in [4.78, 5) is 55.8. The van der Waals surface area contributed by atoms with Gasteiger partial charge in [-0.2, -0.15) is 0 Å². The Kier molecular flexibility index (Phi) is 16.1. The highest BCUT2D eigenvalue weighted by Gasteiger charge is 2.29. The number of rotatable bonds is 21. The van der Waals surface area contributed by atoms with Crippen molar-refractivity contribution >= 4 is 23.8 Å². The van der Waals surface area contributed by atoms with Crippen molar-refractivity contribution in [1.82, 2.24) is 19.8 Å². The number of unbranched alkanes of at least 4 members (excludes halogenated alkanes) is 3. The summed E-state index contributed by atoms with van der Waals surface area (Å²) in [5, 5.41) is 12.5. The van der Waals surface area contributed by atoms with E-state index in [9.17, 15) is 19.2 Å². The molecule has 252 valence electrons. The summed E-state index contributed by atoms with van der Waals surface area (Å²) in [6, 6.07) is -0.855. The second-order valence-corrected chi connectivity index (χ2v) is 13.5. The third-order valence-electron chi connectivity index (χ3n) is 7.43. The largest absolute Gasteiger partial charge is 0.480 e. The van der Waals surface area contributed by atoms with Gasteiger partial charge in [0.25, 0.3) is 0 Å². The Morgan fingerprint density at radius 3 is 2.20 bits per heavy atom. The summed E-state index contributed by atoms with van der Waals surface area (Å²) in [5.41, 5.74) is 3.83. The highest BCUT2D eigenvalue weighted by molar-refractivity contribution is 5.86. The number of imidazole rings is 1. The van der Waals surface area contributed by atoms with Crippen molar-refractivity contribution in [2.75, 3.05) is 19.6 Å². The summed E-state index contributed by atoms with van der Waals surface area (Å²) >= 11 is 0. The molecule has 12 heteroatoms. The van der Waals surface area contributed by atoms with E-state index in [1.807, 2.05) is 13.8 Å². The summed E-state index contributed by atoms with van der Waals surface area (Å²) in [7, 11) is 0. The van der Waals surface area contributed by atoms with Crippen molar-refractivity contribution in [3.05, 3.63) is 18.2 Å². The van der Waals surface area contributed by atoms with Gasteiger partial charge in [0.15, 0.2) is 0 Å². The quantitative estimate of drug-likeness (QED) is 0.135. The van der Waals surface area contributed by atoms with Crippen molar-refractivity contribution < 1.29 is 33.8 Å². The zero-order chi connectivity index (χ0) is 33.6. The van der Waals surface area contributed by atoms with Gasteiger partial charge in [-0.15, -0.1) is 0 Å². The van der Waals surface area contributed by atoms with Gasteiger partial charge in [0.1, 0.15) is 42.7 Å². The summed E-state index contributed by atoms with van der Waals surface area (Å²) in [6.07, 6.45) is 10.2. The number of carboxylic acid groups (broad SMARTS) is 1. The minimum absolute atomic E-state index is 0.113. The van der Waals surface area contributed by atoms with Gasteiger partial charge in [0.2, 0.25) is 5.91 Å². The van der Waals surface area contributed by atoms with Crippen molar-refractivity contribution in [3.63, 3.8) is 0 Å². The van der Waals surface area contributed by atoms with Crippen LogP contribution in [0.1, 0.15) is 113 Å². The number of nitrogens with zero attached hydrogens (tertiary/aromatic N) is 3. The number of hydrogen-bond donors (Lipinski definition) is 3. The van der Waals surface area contributed by atoms with Gasteiger partial charge in [-0.1, -0.05) is 33.1 Å². The van der Waals surface area contributed by atoms with Crippen LogP contribution in [0, 0.1) is 0 Å². The van der Waals surface area contributed by atoms with E-state index in [-0.39, 0.29) is 25.2 Å². The molecule has 4 N–H and O–H groups in total. The Bertz CT molecular complexity index is 1070. The van der Waals surface area contributed by atoms with Crippen molar-refractivity contribution in [2.24, 2.45) is 5.73 Å².